The van der Waals surface area contributed by atoms with Gasteiger partial charge < -0.3 is 0 Å². The van der Waals surface area contributed by atoms with Gasteiger partial charge in [-0.2, -0.15) is 9.49 Å². The largest absolute Gasteiger partial charge is 0.306 e. The van der Waals surface area contributed by atoms with Crippen LogP contribution in [0.3, 0.4) is 0 Å². The third kappa shape index (κ3) is 3.01. The van der Waals surface area contributed by atoms with Crippen LogP contribution >= 0.6 is 0 Å². The van der Waals surface area contributed by atoms with Gasteiger partial charge in [-0.25, -0.2) is 13.4 Å². The van der Waals surface area contributed by atoms with E-state index in [0.29, 0.717) is 16.7 Å². The van der Waals surface area contributed by atoms with Crippen LogP contribution < -0.4 is 4.72 Å². The van der Waals surface area contributed by atoms with E-state index in [4.69, 9.17) is 0 Å². The van der Waals surface area contributed by atoms with Crippen LogP contribution in [0.25, 0.3) is 11.0 Å². The van der Waals surface area contributed by atoms with E-state index in [9.17, 15) is 22.9 Å². The highest BCUT2D eigenvalue weighted by atomic mass is 32.2. The van der Waals surface area contributed by atoms with Crippen molar-refractivity contribution in [3.05, 3.63) is 52.1 Å². The number of halogens is 1. The number of hydrogen-bond donors (Lipinski definition) is 1. The maximum absolute atomic E-state index is 13.4. The molecular formula is C14H12FN5O4S. The zero-order valence-corrected chi connectivity index (χ0v) is 13.9. The highest BCUT2D eigenvalue weighted by Crippen LogP contribution is 2.25. The van der Waals surface area contributed by atoms with Gasteiger partial charge in [0.05, 0.1) is 16.3 Å². The Morgan fingerprint density at radius 1 is 1.32 bits per heavy atom. The molecule has 0 unspecified atom stereocenters. The van der Waals surface area contributed by atoms with E-state index in [0.717, 1.165) is 24.4 Å². The predicted octanol–water partition coefficient (Wildman–Crippen LogP) is 2.12. The fourth-order valence-electron chi connectivity index (χ4n) is 2.37. The van der Waals surface area contributed by atoms with E-state index in [1.54, 1.807) is 14.0 Å². The summed E-state index contributed by atoms with van der Waals surface area (Å²) >= 11 is 0. The first-order chi connectivity index (χ1) is 11.7. The maximum Gasteiger partial charge on any atom is 0.306 e. The van der Waals surface area contributed by atoms with Gasteiger partial charge in [-0.1, -0.05) is 0 Å². The summed E-state index contributed by atoms with van der Waals surface area (Å²) in [7, 11) is -2.38. The van der Waals surface area contributed by atoms with E-state index in [1.807, 2.05) is 0 Å². The molecule has 0 spiro atoms. The van der Waals surface area contributed by atoms with Gasteiger partial charge in [0.15, 0.2) is 5.65 Å². The molecule has 25 heavy (non-hydrogen) atoms. The van der Waals surface area contributed by atoms with Gasteiger partial charge in [0.1, 0.15) is 4.90 Å². The molecule has 1 aromatic carbocycles. The molecule has 0 saturated heterocycles. The molecule has 0 fully saturated rings. The minimum atomic E-state index is -4.06. The highest BCUT2D eigenvalue weighted by molar-refractivity contribution is 7.92. The van der Waals surface area contributed by atoms with Gasteiger partial charge in [0.25, 0.3) is 10.0 Å². The molecule has 0 aliphatic heterocycles. The SMILES string of the molecule is Cc1nn(C)c2ncc(S(=O)(=O)Nc3ccc(F)c([N+](=O)[O-])c3)cc12. The molecule has 3 rings (SSSR count). The lowest BCUT2D eigenvalue weighted by molar-refractivity contribution is -0.387. The number of sulfonamides is 1. The number of rotatable bonds is 4. The summed E-state index contributed by atoms with van der Waals surface area (Å²) in [5.41, 5.74) is 0.182. The number of fused-ring (bicyclic) bond motifs is 1. The van der Waals surface area contributed by atoms with Gasteiger partial charge >= 0.3 is 5.69 Å². The fraction of sp³-hybridized carbons (Fsp3) is 0.143. The van der Waals surface area contributed by atoms with Crippen molar-refractivity contribution in [1.29, 1.82) is 0 Å². The number of hydrogen-bond acceptors (Lipinski definition) is 6. The van der Waals surface area contributed by atoms with Crippen LogP contribution in [-0.4, -0.2) is 28.1 Å². The number of benzene rings is 1. The molecule has 0 amide bonds. The van der Waals surface area contributed by atoms with Crippen molar-refractivity contribution >= 4 is 32.4 Å². The number of anilines is 1. The van der Waals surface area contributed by atoms with Crippen molar-refractivity contribution in [1.82, 2.24) is 14.8 Å². The molecule has 0 atom stereocenters. The van der Waals surface area contributed by atoms with E-state index < -0.39 is 26.5 Å². The van der Waals surface area contributed by atoms with Gasteiger partial charge in [0, 0.05) is 24.7 Å². The minimum absolute atomic E-state index is 0.129. The molecule has 1 N–H and O–H groups in total. The van der Waals surface area contributed by atoms with E-state index in [-0.39, 0.29) is 10.6 Å². The Bertz CT molecular complexity index is 1110. The Balaban J connectivity index is 2.01. The average molecular weight is 365 g/mol. The summed E-state index contributed by atoms with van der Waals surface area (Å²) in [5, 5.41) is 15.5. The number of nitro groups is 1. The van der Waals surface area contributed by atoms with E-state index in [2.05, 4.69) is 14.8 Å². The summed E-state index contributed by atoms with van der Waals surface area (Å²) in [6.45, 7) is 1.72. The van der Waals surface area contributed by atoms with Crippen LogP contribution in [0.1, 0.15) is 5.69 Å². The lowest BCUT2D eigenvalue weighted by Gasteiger charge is -2.08. The first-order valence-corrected chi connectivity index (χ1v) is 8.43. The van der Waals surface area contributed by atoms with Crippen LogP contribution in [0.2, 0.25) is 0 Å². The van der Waals surface area contributed by atoms with Crippen molar-refractivity contribution in [3.8, 4) is 0 Å². The fourth-order valence-corrected chi connectivity index (χ4v) is 3.39. The minimum Gasteiger partial charge on any atom is -0.279 e. The Labute approximate surface area is 141 Å². The van der Waals surface area contributed by atoms with Crippen molar-refractivity contribution in [2.75, 3.05) is 4.72 Å². The maximum atomic E-state index is 13.4. The molecule has 9 nitrogen and oxygen atoms in total. The van der Waals surface area contributed by atoms with Crippen molar-refractivity contribution in [2.45, 2.75) is 11.8 Å². The number of pyridine rings is 1. The molecule has 0 bridgehead atoms. The van der Waals surface area contributed by atoms with Crippen molar-refractivity contribution < 1.29 is 17.7 Å². The quantitative estimate of drug-likeness (QED) is 0.558. The van der Waals surface area contributed by atoms with Gasteiger partial charge in [-0.3, -0.25) is 19.5 Å². The summed E-state index contributed by atoms with van der Waals surface area (Å²) in [5.74, 6) is -1.05. The Hall–Kier alpha value is -3.08. The van der Waals surface area contributed by atoms with Crippen molar-refractivity contribution in [2.24, 2.45) is 7.05 Å². The zero-order chi connectivity index (χ0) is 18.4. The smallest absolute Gasteiger partial charge is 0.279 e. The van der Waals surface area contributed by atoms with Gasteiger partial charge in [-0.05, 0) is 25.1 Å². The summed E-state index contributed by atoms with van der Waals surface area (Å²) in [4.78, 5) is 13.8. The first kappa shape index (κ1) is 16.8. The standard InChI is InChI=1S/C14H12FN5O4S/c1-8-11-6-10(7-16-14(11)19(2)17-8)25(23,24)18-9-3-4-12(15)13(5-9)20(21)22/h3-7,18H,1-2H3. The monoisotopic (exact) mass is 365 g/mol. The number of aryl methyl sites for hydroxylation is 2. The number of nitro benzene ring substituents is 1. The number of nitrogens with zero attached hydrogens (tertiary/aromatic N) is 4. The summed E-state index contributed by atoms with van der Waals surface area (Å²) in [6, 6.07) is 4.14. The summed E-state index contributed by atoms with van der Waals surface area (Å²) < 4.78 is 42.0. The second kappa shape index (κ2) is 5.77. The average Bonchev–Trinajstić information content (AvgIpc) is 2.83. The highest BCUT2D eigenvalue weighted by Gasteiger charge is 2.20. The molecule has 0 saturated carbocycles. The van der Waals surface area contributed by atoms with E-state index in [1.165, 1.54) is 10.7 Å². The predicted molar refractivity (Wildman–Crippen MR) is 87.1 cm³/mol. The Morgan fingerprint density at radius 2 is 2.04 bits per heavy atom. The molecule has 0 radical (unpaired) electrons. The Kier molecular flexibility index (Phi) is 3.87. The van der Waals surface area contributed by atoms with Crippen molar-refractivity contribution in [3.63, 3.8) is 0 Å². The molecule has 0 aliphatic rings. The third-order valence-corrected chi connectivity index (χ3v) is 4.89. The van der Waals surface area contributed by atoms with Crippen LogP contribution in [0.15, 0.2) is 35.4 Å². The number of nitrogens with one attached hydrogen (secondary N) is 1. The third-order valence-electron chi connectivity index (χ3n) is 3.54. The second-order valence-corrected chi connectivity index (χ2v) is 6.96. The first-order valence-electron chi connectivity index (χ1n) is 6.95. The zero-order valence-electron chi connectivity index (χ0n) is 13.1. The van der Waals surface area contributed by atoms with Gasteiger partial charge in [-0.15, -0.1) is 0 Å². The Morgan fingerprint density at radius 3 is 2.72 bits per heavy atom. The molecule has 130 valence electrons. The van der Waals surface area contributed by atoms with Gasteiger partial charge in [0.2, 0.25) is 5.82 Å². The number of aromatic nitrogens is 3. The second-order valence-electron chi connectivity index (χ2n) is 5.28. The molecule has 3 aromatic rings. The van der Waals surface area contributed by atoms with Crippen LogP contribution in [0, 0.1) is 22.9 Å². The van der Waals surface area contributed by atoms with Crippen LogP contribution in [0.4, 0.5) is 15.8 Å². The molecule has 0 aliphatic carbocycles. The molecular weight excluding hydrogens is 353 g/mol. The lowest BCUT2D eigenvalue weighted by atomic mass is 10.3. The molecule has 2 aromatic heterocycles. The van der Waals surface area contributed by atoms with Crippen LogP contribution in [-0.2, 0) is 17.1 Å². The molecule has 11 heteroatoms. The van der Waals surface area contributed by atoms with E-state index >= 15 is 0 Å². The topological polar surface area (TPSA) is 120 Å². The lowest BCUT2D eigenvalue weighted by Crippen LogP contribution is -2.13. The van der Waals surface area contributed by atoms with Crippen LogP contribution in [0.5, 0.6) is 0 Å². The normalized spacial score (nSPS) is 11.6. The molecule has 2 heterocycles. The summed E-state index contributed by atoms with van der Waals surface area (Å²) in [6.07, 6.45) is 1.16.